The fourth-order valence-electron chi connectivity index (χ4n) is 1.45. The second-order valence-corrected chi connectivity index (χ2v) is 3.59. The summed E-state index contributed by atoms with van der Waals surface area (Å²) in [6.07, 6.45) is 1.28. The lowest BCUT2D eigenvalue weighted by Gasteiger charge is -2.02. The summed E-state index contributed by atoms with van der Waals surface area (Å²) in [6.45, 7) is 2.37. The minimum Gasteiger partial charge on any atom is -0.483 e. The standard InChI is InChI=1S/C13H13N5O/c1-2-19-9-15-12-11(8-14)13(18-17-12)16-10-6-4-3-5-7-10/h3-7,9H,2H2,1H3,(H2,16,17,18). The molecule has 2 N–H and O–H groups in total. The molecule has 0 fully saturated rings. The maximum absolute atomic E-state index is 9.16. The number of nitrogens with zero attached hydrogens (tertiary/aromatic N) is 3. The minimum atomic E-state index is 0.300. The van der Waals surface area contributed by atoms with Gasteiger partial charge in [-0.3, -0.25) is 5.10 Å². The first-order chi connectivity index (χ1) is 9.35. The third kappa shape index (κ3) is 3.10. The molecule has 0 aliphatic rings. The maximum atomic E-state index is 9.16. The van der Waals surface area contributed by atoms with Crippen molar-refractivity contribution in [3.63, 3.8) is 0 Å². The molecule has 0 aliphatic carbocycles. The van der Waals surface area contributed by atoms with Gasteiger partial charge in [-0.25, -0.2) is 0 Å². The molecule has 0 saturated heterocycles. The Balaban J connectivity index is 2.21. The number of ether oxygens (including phenoxy) is 1. The number of nitriles is 1. The first-order valence-electron chi connectivity index (χ1n) is 5.79. The second kappa shape index (κ2) is 6.21. The molecule has 0 spiro atoms. The van der Waals surface area contributed by atoms with Crippen LogP contribution in [0.5, 0.6) is 0 Å². The lowest BCUT2D eigenvalue weighted by atomic mass is 10.3. The molecule has 0 bridgehead atoms. The molecular formula is C13H13N5O. The Morgan fingerprint density at radius 1 is 1.47 bits per heavy atom. The summed E-state index contributed by atoms with van der Waals surface area (Å²) in [6, 6.07) is 11.6. The first kappa shape index (κ1) is 12.6. The highest BCUT2D eigenvalue weighted by atomic mass is 16.5. The number of aromatic amines is 1. The number of aromatic nitrogens is 2. The van der Waals surface area contributed by atoms with Crippen LogP contribution in [0.15, 0.2) is 35.3 Å². The summed E-state index contributed by atoms with van der Waals surface area (Å²) >= 11 is 0. The third-order valence-corrected chi connectivity index (χ3v) is 2.32. The van der Waals surface area contributed by atoms with Crippen LogP contribution in [0.2, 0.25) is 0 Å². The van der Waals surface area contributed by atoms with Gasteiger partial charge in [-0.1, -0.05) is 18.2 Å². The SMILES string of the molecule is CCOC=Nc1n[nH]c(Nc2ccccc2)c1C#N. The number of para-hydroxylation sites is 1. The number of anilines is 2. The summed E-state index contributed by atoms with van der Waals surface area (Å²) in [4.78, 5) is 3.98. The van der Waals surface area contributed by atoms with Crippen LogP contribution in [0.3, 0.4) is 0 Å². The van der Waals surface area contributed by atoms with E-state index in [4.69, 9.17) is 10.00 Å². The molecule has 0 saturated carbocycles. The summed E-state index contributed by atoms with van der Waals surface area (Å²) in [5.41, 5.74) is 1.21. The highest BCUT2D eigenvalue weighted by Crippen LogP contribution is 2.25. The van der Waals surface area contributed by atoms with Gasteiger partial charge in [-0.15, -0.1) is 0 Å². The van der Waals surface area contributed by atoms with Gasteiger partial charge in [0.05, 0.1) is 6.61 Å². The van der Waals surface area contributed by atoms with Gasteiger partial charge in [0, 0.05) is 5.69 Å². The van der Waals surface area contributed by atoms with Crippen LogP contribution >= 0.6 is 0 Å². The minimum absolute atomic E-state index is 0.300. The van der Waals surface area contributed by atoms with Crippen LogP contribution in [-0.4, -0.2) is 23.2 Å². The van der Waals surface area contributed by atoms with Crippen molar-refractivity contribution in [2.24, 2.45) is 4.99 Å². The van der Waals surface area contributed by atoms with Crippen LogP contribution in [0.25, 0.3) is 0 Å². The van der Waals surface area contributed by atoms with Crippen molar-refractivity contribution in [1.82, 2.24) is 10.2 Å². The lowest BCUT2D eigenvalue weighted by molar-refractivity contribution is 0.344. The van der Waals surface area contributed by atoms with E-state index in [-0.39, 0.29) is 0 Å². The summed E-state index contributed by atoms with van der Waals surface area (Å²) in [5, 5.41) is 19.0. The Morgan fingerprint density at radius 2 is 2.26 bits per heavy atom. The van der Waals surface area contributed by atoms with Crippen LogP contribution in [-0.2, 0) is 4.74 Å². The molecule has 19 heavy (non-hydrogen) atoms. The average Bonchev–Trinajstić information content (AvgIpc) is 2.82. The van der Waals surface area contributed by atoms with Crippen molar-refractivity contribution in [2.75, 3.05) is 11.9 Å². The monoisotopic (exact) mass is 255 g/mol. The fourth-order valence-corrected chi connectivity index (χ4v) is 1.45. The van der Waals surface area contributed by atoms with E-state index in [1.54, 1.807) is 0 Å². The van der Waals surface area contributed by atoms with Gasteiger partial charge in [0.15, 0.2) is 12.2 Å². The van der Waals surface area contributed by atoms with E-state index in [1.807, 2.05) is 37.3 Å². The van der Waals surface area contributed by atoms with Gasteiger partial charge in [0.1, 0.15) is 17.5 Å². The predicted molar refractivity (Wildman–Crippen MR) is 72.8 cm³/mol. The van der Waals surface area contributed by atoms with Gasteiger partial charge in [0.25, 0.3) is 0 Å². The van der Waals surface area contributed by atoms with Crippen molar-refractivity contribution < 1.29 is 4.74 Å². The Labute approximate surface area is 110 Å². The molecule has 2 aromatic rings. The molecule has 0 atom stereocenters. The molecule has 6 heteroatoms. The topological polar surface area (TPSA) is 86.1 Å². The summed E-state index contributed by atoms with van der Waals surface area (Å²) in [5.74, 6) is 0.812. The van der Waals surface area contributed by atoms with E-state index < -0.39 is 0 Å². The number of aliphatic imine (C=N–C) groups is 1. The van der Waals surface area contributed by atoms with Gasteiger partial charge in [-0.05, 0) is 19.1 Å². The molecule has 1 aromatic carbocycles. The van der Waals surface area contributed by atoms with E-state index in [0.29, 0.717) is 23.8 Å². The Bertz CT molecular complexity index is 597. The number of hydrogen-bond donors (Lipinski definition) is 2. The second-order valence-electron chi connectivity index (χ2n) is 3.59. The number of rotatable bonds is 5. The summed E-state index contributed by atoms with van der Waals surface area (Å²) < 4.78 is 4.99. The molecule has 0 amide bonds. The van der Waals surface area contributed by atoms with Crippen LogP contribution in [0.1, 0.15) is 12.5 Å². The van der Waals surface area contributed by atoms with E-state index in [9.17, 15) is 0 Å². The molecule has 0 radical (unpaired) electrons. The molecule has 0 aliphatic heterocycles. The third-order valence-electron chi connectivity index (χ3n) is 2.32. The Hall–Kier alpha value is -2.81. The Morgan fingerprint density at radius 3 is 2.95 bits per heavy atom. The molecule has 1 aromatic heterocycles. The van der Waals surface area contributed by atoms with E-state index in [2.05, 4.69) is 26.6 Å². The van der Waals surface area contributed by atoms with E-state index in [0.717, 1.165) is 5.69 Å². The molecule has 0 unspecified atom stereocenters. The van der Waals surface area contributed by atoms with Crippen molar-refractivity contribution in [2.45, 2.75) is 6.92 Å². The lowest BCUT2D eigenvalue weighted by Crippen LogP contribution is -1.92. The normalized spacial score (nSPS) is 10.3. The van der Waals surface area contributed by atoms with E-state index >= 15 is 0 Å². The Kier molecular flexibility index (Phi) is 4.13. The number of benzene rings is 1. The van der Waals surface area contributed by atoms with Crippen molar-refractivity contribution in [3.05, 3.63) is 35.9 Å². The highest BCUT2D eigenvalue weighted by Gasteiger charge is 2.12. The fraction of sp³-hybridized carbons (Fsp3) is 0.154. The van der Waals surface area contributed by atoms with Gasteiger partial charge in [-0.2, -0.15) is 15.4 Å². The molecular weight excluding hydrogens is 242 g/mol. The summed E-state index contributed by atoms with van der Waals surface area (Å²) in [7, 11) is 0. The largest absolute Gasteiger partial charge is 0.483 e. The zero-order chi connectivity index (χ0) is 13.5. The highest BCUT2D eigenvalue weighted by molar-refractivity contribution is 5.70. The van der Waals surface area contributed by atoms with Gasteiger partial charge in [0.2, 0.25) is 0 Å². The van der Waals surface area contributed by atoms with Gasteiger partial charge < -0.3 is 10.1 Å². The number of hydrogen-bond acceptors (Lipinski definition) is 5. The predicted octanol–water partition coefficient (Wildman–Crippen LogP) is 2.72. The van der Waals surface area contributed by atoms with E-state index in [1.165, 1.54) is 6.40 Å². The first-order valence-corrected chi connectivity index (χ1v) is 5.79. The zero-order valence-corrected chi connectivity index (χ0v) is 10.4. The quantitative estimate of drug-likeness (QED) is 0.635. The van der Waals surface area contributed by atoms with Crippen LogP contribution in [0.4, 0.5) is 17.3 Å². The molecule has 2 rings (SSSR count). The van der Waals surface area contributed by atoms with Crippen molar-refractivity contribution in [3.8, 4) is 6.07 Å². The number of H-pyrrole nitrogens is 1. The van der Waals surface area contributed by atoms with Gasteiger partial charge >= 0.3 is 0 Å². The number of nitrogens with one attached hydrogen (secondary N) is 2. The molecule has 1 heterocycles. The van der Waals surface area contributed by atoms with Crippen LogP contribution < -0.4 is 5.32 Å². The average molecular weight is 255 g/mol. The smallest absolute Gasteiger partial charge is 0.196 e. The molecule has 6 nitrogen and oxygen atoms in total. The van der Waals surface area contributed by atoms with Crippen molar-refractivity contribution >= 4 is 23.7 Å². The van der Waals surface area contributed by atoms with Crippen LogP contribution in [0, 0.1) is 11.3 Å². The van der Waals surface area contributed by atoms with Crippen molar-refractivity contribution in [1.29, 1.82) is 5.26 Å². The maximum Gasteiger partial charge on any atom is 0.196 e. The molecule has 96 valence electrons. The zero-order valence-electron chi connectivity index (χ0n) is 10.4.